The zero-order valence-corrected chi connectivity index (χ0v) is 13.3. The van der Waals surface area contributed by atoms with Crippen LogP contribution in [0, 0.1) is 0 Å². The van der Waals surface area contributed by atoms with Crippen molar-refractivity contribution in [2.45, 2.75) is 24.9 Å². The molecular formula is C18H19N3S. The quantitative estimate of drug-likeness (QED) is 0.802. The molecule has 22 heavy (non-hydrogen) atoms. The normalized spacial score (nSPS) is 26.3. The molecule has 3 aliphatic rings. The van der Waals surface area contributed by atoms with Gasteiger partial charge in [-0.25, -0.2) is 0 Å². The number of benzene rings is 1. The maximum atomic E-state index is 4.89. The van der Waals surface area contributed by atoms with Gasteiger partial charge in [0.2, 0.25) is 0 Å². The predicted molar refractivity (Wildman–Crippen MR) is 92.0 cm³/mol. The van der Waals surface area contributed by atoms with Gasteiger partial charge in [-0.3, -0.25) is 4.99 Å². The number of aliphatic imine (C=N–C) groups is 1. The standard InChI is InChI=1S/C18H19N3S/c1-2-6-15-13(5-1)17-19-9-4-10-21(17)18-14(8-11-20(15)18)16-7-3-12-22-16/h1-3,5-7,12,14,18H,4,8-11H2. The number of fused-ring (bicyclic) bond motifs is 6. The molecule has 112 valence electrons. The van der Waals surface area contributed by atoms with Gasteiger partial charge in [0.15, 0.2) is 0 Å². The molecule has 2 unspecified atom stereocenters. The summed E-state index contributed by atoms with van der Waals surface area (Å²) in [6.45, 7) is 3.25. The highest BCUT2D eigenvalue weighted by Crippen LogP contribution is 2.45. The van der Waals surface area contributed by atoms with Gasteiger partial charge in [-0.15, -0.1) is 11.3 Å². The summed E-state index contributed by atoms with van der Waals surface area (Å²) in [6, 6.07) is 13.3. The van der Waals surface area contributed by atoms with Crippen LogP contribution < -0.4 is 4.90 Å². The largest absolute Gasteiger partial charge is 0.350 e. The van der Waals surface area contributed by atoms with Crippen molar-refractivity contribution in [3.05, 3.63) is 52.2 Å². The molecule has 4 heterocycles. The van der Waals surface area contributed by atoms with E-state index in [2.05, 4.69) is 51.6 Å². The van der Waals surface area contributed by atoms with E-state index in [1.807, 2.05) is 11.3 Å². The van der Waals surface area contributed by atoms with E-state index in [4.69, 9.17) is 4.99 Å². The van der Waals surface area contributed by atoms with Gasteiger partial charge in [0, 0.05) is 41.7 Å². The molecule has 0 N–H and O–H groups in total. The van der Waals surface area contributed by atoms with Crippen LogP contribution in [0.4, 0.5) is 5.69 Å². The van der Waals surface area contributed by atoms with Gasteiger partial charge in [0.1, 0.15) is 12.0 Å². The van der Waals surface area contributed by atoms with Gasteiger partial charge >= 0.3 is 0 Å². The third kappa shape index (κ3) is 1.70. The highest BCUT2D eigenvalue weighted by Gasteiger charge is 2.45. The zero-order valence-electron chi connectivity index (χ0n) is 12.5. The van der Waals surface area contributed by atoms with Gasteiger partial charge in [-0.1, -0.05) is 18.2 Å². The molecule has 0 amide bonds. The molecule has 4 heteroatoms. The summed E-state index contributed by atoms with van der Waals surface area (Å²) in [5.41, 5.74) is 2.70. The molecule has 3 aliphatic heterocycles. The number of amidine groups is 1. The van der Waals surface area contributed by atoms with Crippen molar-refractivity contribution in [3.8, 4) is 0 Å². The number of hydrogen-bond donors (Lipinski definition) is 0. The molecule has 0 saturated carbocycles. The number of rotatable bonds is 1. The SMILES string of the molecule is c1csc(C2CCN3c4ccccc4C4=NCCCN4C23)c1. The van der Waals surface area contributed by atoms with Crippen molar-refractivity contribution in [2.75, 3.05) is 24.5 Å². The maximum Gasteiger partial charge on any atom is 0.134 e. The summed E-state index contributed by atoms with van der Waals surface area (Å²) in [6.07, 6.45) is 2.86. The molecule has 2 atom stereocenters. The number of hydrogen-bond acceptors (Lipinski definition) is 4. The molecule has 1 fully saturated rings. The molecule has 5 rings (SSSR count). The summed E-state index contributed by atoms with van der Waals surface area (Å²) in [4.78, 5) is 11.6. The molecule has 0 aliphatic carbocycles. The van der Waals surface area contributed by atoms with E-state index in [0.29, 0.717) is 12.1 Å². The summed E-state index contributed by atoms with van der Waals surface area (Å²) >= 11 is 1.90. The Kier molecular flexibility index (Phi) is 2.80. The Morgan fingerprint density at radius 2 is 2.00 bits per heavy atom. The minimum absolute atomic E-state index is 0.451. The number of para-hydroxylation sites is 1. The van der Waals surface area contributed by atoms with Crippen molar-refractivity contribution in [1.82, 2.24) is 4.90 Å². The van der Waals surface area contributed by atoms with Crippen molar-refractivity contribution in [1.29, 1.82) is 0 Å². The Balaban J connectivity index is 1.66. The van der Waals surface area contributed by atoms with Crippen molar-refractivity contribution < 1.29 is 0 Å². The minimum Gasteiger partial charge on any atom is -0.350 e. The summed E-state index contributed by atoms with van der Waals surface area (Å²) in [5.74, 6) is 1.84. The van der Waals surface area contributed by atoms with Crippen molar-refractivity contribution in [2.24, 2.45) is 4.99 Å². The van der Waals surface area contributed by atoms with Crippen LogP contribution >= 0.6 is 11.3 Å². The van der Waals surface area contributed by atoms with E-state index >= 15 is 0 Å². The second-order valence-electron chi connectivity index (χ2n) is 6.29. The second-order valence-corrected chi connectivity index (χ2v) is 7.27. The topological polar surface area (TPSA) is 18.8 Å². The van der Waals surface area contributed by atoms with Crippen LogP contribution in [0.1, 0.15) is 29.2 Å². The fourth-order valence-corrected chi connectivity index (χ4v) is 5.14. The van der Waals surface area contributed by atoms with E-state index in [-0.39, 0.29) is 0 Å². The lowest BCUT2D eigenvalue weighted by atomic mass is 9.97. The fourth-order valence-electron chi connectivity index (χ4n) is 4.25. The van der Waals surface area contributed by atoms with Crippen LogP contribution in [0.2, 0.25) is 0 Å². The molecule has 1 aromatic heterocycles. The number of anilines is 1. The predicted octanol–water partition coefficient (Wildman–Crippen LogP) is 3.53. The van der Waals surface area contributed by atoms with Crippen molar-refractivity contribution >= 4 is 22.9 Å². The molecule has 0 radical (unpaired) electrons. The average molecular weight is 309 g/mol. The lowest BCUT2D eigenvalue weighted by Gasteiger charge is -2.47. The molecule has 2 aromatic rings. The second kappa shape index (κ2) is 4.85. The van der Waals surface area contributed by atoms with E-state index < -0.39 is 0 Å². The maximum absolute atomic E-state index is 4.89. The molecule has 0 spiro atoms. The zero-order chi connectivity index (χ0) is 14.5. The Morgan fingerprint density at radius 3 is 2.91 bits per heavy atom. The molecule has 0 bridgehead atoms. The van der Waals surface area contributed by atoms with E-state index in [1.54, 1.807) is 0 Å². The number of nitrogens with zero attached hydrogens (tertiary/aromatic N) is 3. The van der Waals surface area contributed by atoms with Gasteiger partial charge in [0.25, 0.3) is 0 Å². The van der Waals surface area contributed by atoms with Crippen LogP contribution in [0.3, 0.4) is 0 Å². The first-order valence-electron chi connectivity index (χ1n) is 8.14. The van der Waals surface area contributed by atoms with E-state index in [9.17, 15) is 0 Å². The van der Waals surface area contributed by atoms with Gasteiger partial charge in [0.05, 0.1) is 0 Å². The van der Waals surface area contributed by atoms with Crippen LogP contribution in [0.5, 0.6) is 0 Å². The van der Waals surface area contributed by atoms with E-state index in [1.165, 1.54) is 34.8 Å². The van der Waals surface area contributed by atoms with Crippen LogP contribution in [0.15, 0.2) is 46.8 Å². The minimum atomic E-state index is 0.451. The third-order valence-electron chi connectivity index (χ3n) is 5.13. The third-order valence-corrected chi connectivity index (χ3v) is 6.14. The first-order chi connectivity index (χ1) is 10.9. The average Bonchev–Trinajstić information content (AvgIpc) is 3.24. The van der Waals surface area contributed by atoms with Gasteiger partial charge in [-0.2, -0.15) is 0 Å². The molecular weight excluding hydrogens is 290 g/mol. The van der Waals surface area contributed by atoms with Crippen LogP contribution in [0.25, 0.3) is 0 Å². The highest BCUT2D eigenvalue weighted by molar-refractivity contribution is 7.10. The highest BCUT2D eigenvalue weighted by atomic mass is 32.1. The van der Waals surface area contributed by atoms with Crippen LogP contribution in [-0.2, 0) is 0 Å². The fraction of sp³-hybridized carbons (Fsp3) is 0.389. The molecule has 1 saturated heterocycles. The Labute approximate surface area is 134 Å². The summed E-state index contributed by atoms with van der Waals surface area (Å²) < 4.78 is 0. The summed E-state index contributed by atoms with van der Waals surface area (Å²) in [5, 5.41) is 2.21. The van der Waals surface area contributed by atoms with Crippen LogP contribution in [-0.4, -0.2) is 36.5 Å². The van der Waals surface area contributed by atoms with E-state index in [0.717, 1.165) is 19.6 Å². The van der Waals surface area contributed by atoms with Gasteiger partial charge < -0.3 is 9.80 Å². The van der Waals surface area contributed by atoms with Gasteiger partial charge in [-0.05, 0) is 36.4 Å². The lowest BCUT2D eigenvalue weighted by Crippen LogP contribution is -2.55. The smallest absolute Gasteiger partial charge is 0.134 e. The Morgan fingerprint density at radius 1 is 1.05 bits per heavy atom. The Hall–Kier alpha value is -1.81. The molecule has 3 nitrogen and oxygen atoms in total. The summed E-state index contributed by atoms with van der Waals surface area (Å²) in [7, 11) is 0. The number of thiophene rings is 1. The first-order valence-corrected chi connectivity index (χ1v) is 9.02. The molecule has 1 aromatic carbocycles. The monoisotopic (exact) mass is 309 g/mol. The van der Waals surface area contributed by atoms with Crippen molar-refractivity contribution in [3.63, 3.8) is 0 Å². The first kappa shape index (κ1) is 12.7. The lowest BCUT2D eigenvalue weighted by molar-refractivity contribution is 0.277. The Bertz CT molecular complexity index is 722.